The second-order valence-corrected chi connectivity index (χ2v) is 6.14. The van der Waals surface area contributed by atoms with Crippen LogP contribution in [0, 0.1) is 5.92 Å². The van der Waals surface area contributed by atoms with E-state index in [1.165, 1.54) is 32.1 Å². The Hall–Kier alpha value is -1.10. The van der Waals surface area contributed by atoms with Crippen molar-refractivity contribution in [3.8, 4) is 6.01 Å². The van der Waals surface area contributed by atoms with Crippen LogP contribution in [0.25, 0.3) is 0 Å². The SMILES string of the molecule is CC1CCCCC1Oc1nc(Cl)nc(N2CCCC2)n1. The minimum atomic E-state index is 0.202. The molecule has 2 aliphatic rings. The largest absolute Gasteiger partial charge is 0.460 e. The van der Waals surface area contributed by atoms with E-state index in [4.69, 9.17) is 16.3 Å². The summed E-state index contributed by atoms with van der Waals surface area (Å²) >= 11 is 6.01. The summed E-state index contributed by atoms with van der Waals surface area (Å²) in [5.41, 5.74) is 0. The Morgan fingerprint density at radius 2 is 1.80 bits per heavy atom. The van der Waals surface area contributed by atoms with Gasteiger partial charge in [0.25, 0.3) is 0 Å². The van der Waals surface area contributed by atoms with Crippen LogP contribution in [-0.2, 0) is 0 Å². The van der Waals surface area contributed by atoms with Gasteiger partial charge in [-0.25, -0.2) is 0 Å². The molecule has 0 aromatic carbocycles. The Morgan fingerprint density at radius 3 is 2.55 bits per heavy atom. The van der Waals surface area contributed by atoms with Gasteiger partial charge in [-0.2, -0.15) is 15.0 Å². The van der Waals surface area contributed by atoms with Gasteiger partial charge in [-0.15, -0.1) is 0 Å². The molecule has 5 nitrogen and oxygen atoms in total. The number of halogens is 1. The molecule has 3 rings (SSSR count). The lowest BCUT2D eigenvalue weighted by atomic mass is 9.88. The topological polar surface area (TPSA) is 51.1 Å². The molecule has 0 spiro atoms. The van der Waals surface area contributed by atoms with Gasteiger partial charge < -0.3 is 9.64 Å². The highest BCUT2D eigenvalue weighted by molar-refractivity contribution is 6.28. The first-order chi connectivity index (χ1) is 9.72. The fourth-order valence-corrected chi connectivity index (χ4v) is 3.17. The number of anilines is 1. The number of nitrogens with zero attached hydrogens (tertiary/aromatic N) is 4. The minimum Gasteiger partial charge on any atom is -0.460 e. The van der Waals surface area contributed by atoms with E-state index in [2.05, 4.69) is 26.8 Å². The zero-order chi connectivity index (χ0) is 13.9. The molecule has 6 heteroatoms. The van der Waals surface area contributed by atoms with Crippen molar-refractivity contribution in [1.29, 1.82) is 0 Å². The van der Waals surface area contributed by atoms with Gasteiger partial charge >= 0.3 is 6.01 Å². The minimum absolute atomic E-state index is 0.202. The van der Waals surface area contributed by atoms with Crippen LogP contribution in [0.15, 0.2) is 0 Å². The summed E-state index contributed by atoms with van der Waals surface area (Å²) in [5, 5.41) is 0.223. The summed E-state index contributed by atoms with van der Waals surface area (Å²) < 4.78 is 5.98. The maximum absolute atomic E-state index is 6.01. The number of hydrogen-bond acceptors (Lipinski definition) is 5. The molecule has 1 saturated heterocycles. The Bertz CT molecular complexity index is 464. The Balaban J connectivity index is 1.75. The quantitative estimate of drug-likeness (QED) is 0.858. The van der Waals surface area contributed by atoms with E-state index in [0.717, 1.165) is 19.5 Å². The molecule has 2 fully saturated rings. The molecule has 110 valence electrons. The number of ether oxygens (including phenoxy) is 1. The lowest BCUT2D eigenvalue weighted by molar-refractivity contribution is 0.0921. The summed E-state index contributed by atoms with van der Waals surface area (Å²) in [7, 11) is 0. The van der Waals surface area contributed by atoms with Gasteiger partial charge in [-0.3, -0.25) is 0 Å². The molecule has 1 aromatic heterocycles. The fourth-order valence-electron chi connectivity index (χ4n) is 3.03. The zero-order valence-electron chi connectivity index (χ0n) is 11.9. The van der Waals surface area contributed by atoms with Crippen molar-refractivity contribution in [3.63, 3.8) is 0 Å². The lowest BCUT2D eigenvalue weighted by Gasteiger charge is -2.28. The molecule has 1 saturated carbocycles. The maximum Gasteiger partial charge on any atom is 0.322 e. The highest BCUT2D eigenvalue weighted by Crippen LogP contribution is 2.28. The molecular weight excluding hydrogens is 276 g/mol. The van der Waals surface area contributed by atoms with Crippen molar-refractivity contribution in [2.75, 3.05) is 18.0 Å². The second kappa shape index (κ2) is 6.12. The molecule has 1 aliphatic heterocycles. The first-order valence-electron chi connectivity index (χ1n) is 7.55. The van der Waals surface area contributed by atoms with E-state index >= 15 is 0 Å². The molecule has 0 N–H and O–H groups in total. The molecule has 0 amide bonds. The smallest absolute Gasteiger partial charge is 0.322 e. The summed E-state index contributed by atoms with van der Waals surface area (Å²) in [6, 6.07) is 0.380. The molecule has 0 bridgehead atoms. The third-order valence-electron chi connectivity index (χ3n) is 4.25. The van der Waals surface area contributed by atoms with E-state index < -0.39 is 0 Å². The van der Waals surface area contributed by atoms with E-state index in [1.54, 1.807) is 0 Å². The van der Waals surface area contributed by atoms with Crippen LogP contribution in [-0.4, -0.2) is 34.1 Å². The fraction of sp³-hybridized carbons (Fsp3) is 0.786. The summed E-state index contributed by atoms with van der Waals surface area (Å²) in [6.45, 7) is 4.20. The van der Waals surface area contributed by atoms with Gasteiger partial charge in [0.2, 0.25) is 11.2 Å². The monoisotopic (exact) mass is 296 g/mol. The third-order valence-corrected chi connectivity index (χ3v) is 4.42. The molecule has 2 atom stereocenters. The number of aromatic nitrogens is 3. The predicted octanol–water partition coefficient (Wildman–Crippen LogP) is 3.08. The van der Waals surface area contributed by atoms with Crippen molar-refractivity contribution < 1.29 is 4.74 Å². The lowest BCUT2D eigenvalue weighted by Crippen LogP contribution is -2.29. The van der Waals surface area contributed by atoms with Crippen LogP contribution in [0.3, 0.4) is 0 Å². The second-order valence-electron chi connectivity index (χ2n) is 5.80. The van der Waals surface area contributed by atoms with Gasteiger partial charge in [-0.05, 0) is 49.6 Å². The van der Waals surface area contributed by atoms with Gasteiger partial charge in [0.15, 0.2) is 0 Å². The highest BCUT2D eigenvalue weighted by Gasteiger charge is 2.25. The van der Waals surface area contributed by atoms with Gasteiger partial charge in [0.05, 0.1) is 0 Å². The standard InChI is InChI=1S/C14H21ClN4O/c1-10-6-2-3-7-11(10)20-14-17-12(15)16-13(18-14)19-8-4-5-9-19/h10-11H,2-9H2,1H3. The molecule has 20 heavy (non-hydrogen) atoms. The average Bonchev–Trinajstić information content (AvgIpc) is 2.95. The van der Waals surface area contributed by atoms with Crippen LogP contribution in [0.1, 0.15) is 45.4 Å². The number of hydrogen-bond donors (Lipinski definition) is 0. The zero-order valence-corrected chi connectivity index (χ0v) is 12.6. The van der Waals surface area contributed by atoms with Crippen molar-refractivity contribution in [2.24, 2.45) is 5.92 Å². The van der Waals surface area contributed by atoms with Crippen molar-refractivity contribution >= 4 is 17.5 Å². The van der Waals surface area contributed by atoms with E-state index in [-0.39, 0.29) is 11.4 Å². The van der Waals surface area contributed by atoms with Crippen LogP contribution >= 0.6 is 11.6 Å². The number of rotatable bonds is 3. The van der Waals surface area contributed by atoms with Gasteiger partial charge in [0.1, 0.15) is 6.10 Å². The van der Waals surface area contributed by atoms with Crippen molar-refractivity contribution in [1.82, 2.24) is 15.0 Å². The summed E-state index contributed by atoms with van der Waals surface area (Å²) in [4.78, 5) is 14.9. The Labute approximate surface area is 124 Å². The van der Waals surface area contributed by atoms with Gasteiger partial charge in [-0.1, -0.05) is 13.3 Å². The van der Waals surface area contributed by atoms with E-state index in [0.29, 0.717) is 17.9 Å². The van der Waals surface area contributed by atoms with E-state index in [1.807, 2.05) is 0 Å². The average molecular weight is 297 g/mol. The maximum atomic E-state index is 6.01. The molecule has 1 aliphatic carbocycles. The van der Waals surface area contributed by atoms with Crippen molar-refractivity contribution in [2.45, 2.75) is 51.6 Å². The summed E-state index contributed by atoms with van der Waals surface area (Å²) in [6.07, 6.45) is 7.35. The Kier molecular flexibility index (Phi) is 4.24. The third kappa shape index (κ3) is 3.14. The van der Waals surface area contributed by atoms with Crippen LogP contribution in [0.5, 0.6) is 6.01 Å². The van der Waals surface area contributed by atoms with Gasteiger partial charge in [0, 0.05) is 13.1 Å². The first-order valence-corrected chi connectivity index (χ1v) is 7.93. The Morgan fingerprint density at radius 1 is 1.05 bits per heavy atom. The van der Waals surface area contributed by atoms with Crippen molar-refractivity contribution in [3.05, 3.63) is 5.28 Å². The molecular formula is C14H21ClN4O. The molecule has 1 aromatic rings. The summed E-state index contributed by atoms with van der Waals surface area (Å²) in [5.74, 6) is 1.20. The molecule has 2 heterocycles. The van der Waals surface area contributed by atoms with Crippen LogP contribution in [0.2, 0.25) is 5.28 Å². The van der Waals surface area contributed by atoms with Crippen LogP contribution in [0.4, 0.5) is 5.95 Å². The molecule has 2 unspecified atom stereocenters. The highest BCUT2D eigenvalue weighted by atomic mass is 35.5. The van der Waals surface area contributed by atoms with Crippen LogP contribution < -0.4 is 9.64 Å². The predicted molar refractivity (Wildman–Crippen MR) is 78.3 cm³/mol. The normalized spacial score (nSPS) is 26.8. The van der Waals surface area contributed by atoms with E-state index in [9.17, 15) is 0 Å². The first kappa shape index (κ1) is 13.9. The molecule has 0 radical (unpaired) electrons.